The molecule has 1 heterocycles. The number of rotatable bonds is 6. The summed E-state index contributed by atoms with van der Waals surface area (Å²) in [5.74, 6) is 7.49. The molecule has 0 saturated heterocycles. The van der Waals surface area contributed by atoms with Gasteiger partial charge in [-0.25, -0.2) is 15.8 Å². The van der Waals surface area contributed by atoms with Gasteiger partial charge in [0.25, 0.3) is 0 Å². The Kier molecular flexibility index (Phi) is 5.59. The molecule has 10 N–H and O–H groups in total. The van der Waals surface area contributed by atoms with E-state index >= 15 is 0 Å². The van der Waals surface area contributed by atoms with Gasteiger partial charge < -0.3 is 27.7 Å². The molecular weight excluding hydrogens is 356 g/mol. The van der Waals surface area contributed by atoms with Gasteiger partial charge in [0, 0.05) is 18.3 Å². The van der Waals surface area contributed by atoms with Gasteiger partial charge in [-0.1, -0.05) is 30.3 Å². The van der Waals surface area contributed by atoms with Gasteiger partial charge in [-0.15, -0.1) is 0 Å². The van der Waals surface area contributed by atoms with Gasteiger partial charge in [-0.3, -0.25) is 5.01 Å². The molecule has 0 fully saturated rings. The molecule has 0 aliphatic heterocycles. The van der Waals surface area contributed by atoms with Gasteiger partial charge in [0.1, 0.15) is 23.6 Å². The summed E-state index contributed by atoms with van der Waals surface area (Å²) in [6, 6.07) is 12.3. The highest BCUT2D eigenvalue weighted by Crippen LogP contribution is 2.38. The van der Waals surface area contributed by atoms with Crippen molar-refractivity contribution < 1.29 is 4.74 Å². The van der Waals surface area contributed by atoms with Crippen LogP contribution in [-0.2, 0) is 6.54 Å². The number of methoxy groups -OCH3 is 1. The van der Waals surface area contributed by atoms with E-state index in [0.29, 0.717) is 28.5 Å². The van der Waals surface area contributed by atoms with Crippen LogP contribution >= 0.6 is 0 Å². The lowest BCUT2D eigenvalue weighted by molar-refractivity contribution is 0.415. The maximum absolute atomic E-state index is 6.47. The molecule has 0 aliphatic rings. The Hall–Kier alpha value is -3.40. The third-order valence-electron chi connectivity index (χ3n) is 4.51. The van der Waals surface area contributed by atoms with Gasteiger partial charge in [0.2, 0.25) is 0 Å². The predicted octanol–water partition coefficient (Wildman–Crippen LogP) is 1.17. The van der Waals surface area contributed by atoms with E-state index in [1.807, 2.05) is 30.3 Å². The zero-order valence-corrected chi connectivity index (χ0v) is 15.5. The van der Waals surface area contributed by atoms with Crippen molar-refractivity contribution in [3.8, 4) is 5.75 Å². The van der Waals surface area contributed by atoms with E-state index < -0.39 is 6.04 Å². The molecule has 0 radical (unpaired) electrons. The van der Waals surface area contributed by atoms with Gasteiger partial charge in [0.15, 0.2) is 5.82 Å². The number of hydrogen-bond acceptors (Lipinski definition) is 9. The first-order valence-corrected chi connectivity index (χ1v) is 8.60. The summed E-state index contributed by atoms with van der Waals surface area (Å²) in [6.07, 6.45) is 1.33. The molecule has 0 saturated carbocycles. The van der Waals surface area contributed by atoms with Crippen LogP contribution in [0.15, 0.2) is 48.8 Å². The standard InChI is InChI=1S/C19H24N8O/c1-28-15-8-13(21)12(9-20)7-14(15)27(24)19-16(18(23)25-10-26-19)17(22)11-5-3-2-4-6-11/h2-8,10,17H,9,20-22,24H2,1H3,(H2,23,25,26). The zero-order chi connectivity index (χ0) is 20.3. The van der Waals surface area contributed by atoms with Crippen LogP contribution in [-0.4, -0.2) is 17.1 Å². The lowest BCUT2D eigenvalue weighted by Crippen LogP contribution is -2.30. The molecule has 0 spiro atoms. The van der Waals surface area contributed by atoms with Crippen LogP contribution in [0.25, 0.3) is 0 Å². The van der Waals surface area contributed by atoms with Gasteiger partial charge in [-0.2, -0.15) is 0 Å². The summed E-state index contributed by atoms with van der Waals surface area (Å²) in [5.41, 5.74) is 27.5. The van der Waals surface area contributed by atoms with E-state index in [1.54, 1.807) is 12.1 Å². The van der Waals surface area contributed by atoms with Crippen molar-refractivity contribution in [2.24, 2.45) is 17.3 Å². The summed E-state index contributed by atoms with van der Waals surface area (Å²) in [6.45, 7) is 0.249. The number of hydrogen-bond donors (Lipinski definition) is 5. The molecule has 3 aromatic rings. The monoisotopic (exact) mass is 380 g/mol. The minimum absolute atomic E-state index is 0.241. The number of nitrogen functional groups attached to an aromatic ring is 2. The number of ether oxygens (including phenoxy) is 1. The Labute approximate surface area is 163 Å². The molecule has 2 aromatic carbocycles. The third kappa shape index (κ3) is 3.54. The van der Waals surface area contributed by atoms with Crippen molar-refractivity contribution >= 4 is 23.0 Å². The van der Waals surface area contributed by atoms with E-state index in [9.17, 15) is 0 Å². The fourth-order valence-corrected chi connectivity index (χ4v) is 2.99. The Balaban J connectivity index is 2.14. The Bertz CT molecular complexity index is 964. The summed E-state index contributed by atoms with van der Waals surface area (Å²) < 4.78 is 5.44. The molecule has 0 bridgehead atoms. The maximum Gasteiger partial charge on any atom is 0.158 e. The number of benzene rings is 2. The fourth-order valence-electron chi connectivity index (χ4n) is 2.99. The molecule has 0 amide bonds. The Morgan fingerprint density at radius 3 is 2.46 bits per heavy atom. The number of nitrogens with zero attached hydrogens (tertiary/aromatic N) is 3. The van der Waals surface area contributed by atoms with Crippen molar-refractivity contribution in [1.82, 2.24) is 9.97 Å². The van der Waals surface area contributed by atoms with Crippen LogP contribution < -0.4 is 38.5 Å². The molecular formula is C19H24N8O. The smallest absolute Gasteiger partial charge is 0.158 e. The van der Waals surface area contributed by atoms with Crippen LogP contribution in [0.5, 0.6) is 5.75 Å². The average Bonchev–Trinajstić information content (AvgIpc) is 2.73. The van der Waals surface area contributed by atoms with Gasteiger partial charge in [-0.05, 0) is 17.2 Å². The minimum Gasteiger partial charge on any atom is -0.494 e. The zero-order valence-electron chi connectivity index (χ0n) is 15.5. The molecule has 1 aromatic heterocycles. The summed E-state index contributed by atoms with van der Waals surface area (Å²) in [7, 11) is 1.53. The third-order valence-corrected chi connectivity index (χ3v) is 4.51. The second-order valence-corrected chi connectivity index (χ2v) is 6.18. The van der Waals surface area contributed by atoms with Gasteiger partial charge in [0.05, 0.1) is 18.7 Å². The van der Waals surface area contributed by atoms with Crippen molar-refractivity contribution in [3.05, 3.63) is 65.5 Å². The molecule has 9 heteroatoms. The highest BCUT2D eigenvalue weighted by atomic mass is 16.5. The van der Waals surface area contributed by atoms with Crippen LogP contribution in [0.1, 0.15) is 22.7 Å². The fraction of sp³-hybridized carbons (Fsp3) is 0.158. The first-order valence-electron chi connectivity index (χ1n) is 8.60. The highest BCUT2D eigenvalue weighted by molar-refractivity contribution is 5.74. The van der Waals surface area contributed by atoms with Crippen molar-refractivity contribution in [2.45, 2.75) is 12.6 Å². The first-order chi connectivity index (χ1) is 13.5. The molecule has 28 heavy (non-hydrogen) atoms. The lowest BCUT2D eigenvalue weighted by atomic mass is 10.00. The number of nitrogens with two attached hydrogens (primary N) is 5. The Morgan fingerprint density at radius 2 is 1.82 bits per heavy atom. The average molecular weight is 380 g/mol. The van der Waals surface area contributed by atoms with Crippen LogP contribution in [0.4, 0.5) is 23.0 Å². The molecule has 1 unspecified atom stereocenters. The van der Waals surface area contributed by atoms with Crippen LogP contribution in [0, 0.1) is 0 Å². The van der Waals surface area contributed by atoms with E-state index in [4.69, 9.17) is 33.5 Å². The van der Waals surface area contributed by atoms with Gasteiger partial charge >= 0.3 is 0 Å². The largest absolute Gasteiger partial charge is 0.494 e. The summed E-state index contributed by atoms with van der Waals surface area (Å²) in [4.78, 5) is 8.41. The maximum atomic E-state index is 6.47. The van der Waals surface area contributed by atoms with E-state index in [2.05, 4.69) is 9.97 Å². The predicted molar refractivity (Wildman–Crippen MR) is 111 cm³/mol. The second kappa shape index (κ2) is 8.09. The molecule has 1 atom stereocenters. The van der Waals surface area contributed by atoms with Crippen molar-refractivity contribution in [3.63, 3.8) is 0 Å². The second-order valence-electron chi connectivity index (χ2n) is 6.18. The first kappa shape index (κ1) is 19.4. The van der Waals surface area contributed by atoms with E-state index in [1.165, 1.54) is 18.4 Å². The van der Waals surface area contributed by atoms with E-state index in [-0.39, 0.29) is 12.4 Å². The Morgan fingerprint density at radius 1 is 1.11 bits per heavy atom. The molecule has 9 nitrogen and oxygen atoms in total. The summed E-state index contributed by atoms with van der Waals surface area (Å²) in [5, 5.41) is 1.35. The number of hydrazine groups is 1. The SMILES string of the molecule is COc1cc(N)c(CN)cc1N(N)c1ncnc(N)c1C(N)c1ccccc1. The number of aromatic nitrogens is 2. The highest BCUT2D eigenvalue weighted by Gasteiger charge is 2.24. The summed E-state index contributed by atoms with van der Waals surface area (Å²) >= 11 is 0. The van der Waals surface area contributed by atoms with Crippen LogP contribution in [0.3, 0.4) is 0 Å². The molecule has 0 aliphatic carbocycles. The number of anilines is 4. The van der Waals surface area contributed by atoms with Crippen molar-refractivity contribution in [1.29, 1.82) is 0 Å². The lowest BCUT2D eigenvalue weighted by Gasteiger charge is -2.26. The normalized spacial score (nSPS) is 11.9. The molecule has 146 valence electrons. The van der Waals surface area contributed by atoms with E-state index in [0.717, 1.165) is 11.1 Å². The molecule has 3 rings (SSSR count). The quantitative estimate of drug-likeness (QED) is 0.239. The topological polar surface area (TPSA) is 168 Å². The van der Waals surface area contributed by atoms with Crippen molar-refractivity contribution in [2.75, 3.05) is 23.6 Å². The van der Waals surface area contributed by atoms with Crippen LogP contribution in [0.2, 0.25) is 0 Å². The minimum atomic E-state index is -0.572.